The topological polar surface area (TPSA) is 55.4 Å². The van der Waals surface area contributed by atoms with Gasteiger partial charge in [-0.1, -0.05) is 39.8 Å². The van der Waals surface area contributed by atoms with Gasteiger partial charge in [-0.05, 0) is 23.6 Å². The molecule has 0 atom stereocenters. The normalized spacial score (nSPS) is 10.6. The molecule has 0 fully saturated rings. The van der Waals surface area contributed by atoms with E-state index in [0.29, 0.717) is 11.6 Å². The number of anilines is 1. The third kappa shape index (κ3) is 5.12. The molecule has 0 aliphatic rings. The first kappa shape index (κ1) is 15.2. The van der Waals surface area contributed by atoms with Crippen LogP contribution in [-0.2, 0) is 14.3 Å². The summed E-state index contributed by atoms with van der Waals surface area (Å²) < 4.78 is 4.85. The largest absolute Gasteiger partial charge is 0.455 e. The van der Waals surface area contributed by atoms with Crippen molar-refractivity contribution >= 4 is 17.6 Å². The van der Waals surface area contributed by atoms with Gasteiger partial charge in [0.05, 0.1) is 5.92 Å². The number of esters is 1. The van der Waals surface area contributed by atoms with E-state index in [4.69, 9.17) is 4.74 Å². The number of carbonyl (C=O) groups excluding carboxylic acids is 2. The van der Waals surface area contributed by atoms with Crippen molar-refractivity contribution in [3.63, 3.8) is 0 Å². The Bertz CT molecular complexity index is 435. The highest BCUT2D eigenvalue weighted by Crippen LogP contribution is 2.17. The van der Waals surface area contributed by atoms with Crippen LogP contribution < -0.4 is 5.32 Å². The summed E-state index contributed by atoms with van der Waals surface area (Å²) in [5, 5.41) is 2.69. The summed E-state index contributed by atoms with van der Waals surface area (Å²) in [6.07, 6.45) is 0. The summed E-state index contributed by atoms with van der Waals surface area (Å²) in [6, 6.07) is 7.63. The van der Waals surface area contributed by atoms with Crippen LogP contribution in [0.2, 0.25) is 0 Å². The average Bonchev–Trinajstić information content (AvgIpc) is 2.36. The number of benzene rings is 1. The fourth-order valence-electron chi connectivity index (χ4n) is 1.45. The maximum atomic E-state index is 11.6. The second kappa shape index (κ2) is 6.92. The van der Waals surface area contributed by atoms with Crippen molar-refractivity contribution in [2.24, 2.45) is 5.92 Å². The Morgan fingerprint density at radius 2 is 1.68 bits per heavy atom. The van der Waals surface area contributed by atoms with Gasteiger partial charge in [0.1, 0.15) is 0 Å². The molecule has 1 aromatic rings. The van der Waals surface area contributed by atoms with Gasteiger partial charge in [-0.2, -0.15) is 0 Å². The number of carbonyl (C=O) groups is 2. The zero-order chi connectivity index (χ0) is 14.4. The van der Waals surface area contributed by atoms with Crippen LogP contribution in [0.5, 0.6) is 0 Å². The zero-order valence-electron chi connectivity index (χ0n) is 11.9. The highest BCUT2D eigenvalue weighted by molar-refractivity contribution is 5.92. The van der Waals surface area contributed by atoms with Gasteiger partial charge < -0.3 is 10.1 Å². The van der Waals surface area contributed by atoms with E-state index in [-0.39, 0.29) is 24.4 Å². The van der Waals surface area contributed by atoms with Gasteiger partial charge in [-0.25, -0.2) is 0 Å². The Morgan fingerprint density at radius 3 is 2.16 bits per heavy atom. The predicted molar refractivity (Wildman–Crippen MR) is 75.0 cm³/mol. The van der Waals surface area contributed by atoms with Crippen molar-refractivity contribution < 1.29 is 14.3 Å². The molecule has 19 heavy (non-hydrogen) atoms. The molecule has 1 amide bonds. The fourth-order valence-corrected chi connectivity index (χ4v) is 1.45. The van der Waals surface area contributed by atoms with Crippen LogP contribution in [-0.4, -0.2) is 18.5 Å². The minimum atomic E-state index is -0.370. The first-order valence-corrected chi connectivity index (χ1v) is 6.46. The molecule has 0 aliphatic carbocycles. The standard InChI is InChI=1S/C15H21NO3/c1-10(2)12-5-7-13(8-6-12)16-14(17)9-19-15(18)11(3)4/h5-8,10-11H,9H2,1-4H3,(H,16,17). The van der Waals surface area contributed by atoms with Gasteiger partial charge >= 0.3 is 5.97 Å². The molecule has 1 N–H and O–H groups in total. The van der Waals surface area contributed by atoms with Gasteiger partial charge in [0.15, 0.2) is 6.61 Å². The summed E-state index contributed by atoms with van der Waals surface area (Å²) in [6.45, 7) is 7.43. The number of hydrogen-bond acceptors (Lipinski definition) is 3. The summed E-state index contributed by atoms with van der Waals surface area (Å²) in [7, 11) is 0. The van der Waals surface area contributed by atoms with Gasteiger partial charge in [0.25, 0.3) is 5.91 Å². The van der Waals surface area contributed by atoms with Crippen molar-refractivity contribution in [1.82, 2.24) is 0 Å². The molecule has 1 aromatic carbocycles. The number of ether oxygens (including phenoxy) is 1. The summed E-state index contributed by atoms with van der Waals surface area (Å²) in [5.74, 6) is -0.466. The van der Waals surface area contributed by atoms with Gasteiger partial charge in [-0.3, -0.25) is 9.59 Å². The van der Waals surface area contributed by atoms with Crippen molar-refractivity contribution in [2.75, 3.05) is 11.9 Å². The molecule has 4 nitrogen and oxygen atoms in total. The Labute approximate surface area is 114 Å². The van der Waals surface area contributed by atoms with Crippen molar-refractivity contribution in [2.45, 2.75) is 33.6 Å². The predicted octanol–water partition coefficient (Wildman–Crippen LogP) is 2.95. The van der Waals surface area contributed by atoms with Gasteiger partial charge in [0.2, 0.25) is 0 Å². The molecule has 0 heterocycles. The lowest BCUT2D eigenvalue weighted by molar-refractivity contribution is -0.150. The van der Waals surface area contributed by atoms with Gasteiger partial charge in [0, 0.05) is 5.69 Å². The molecule has 0 saturated heterocycles. The minimum absolute atomic E-state index is 0.224. The number of nitrogens with one attached hydrogen (secondary N) is 1. The summed E-state index contributed by atoms with van der Waals surface area (Å²) in [4.78, 5) is 22.8. The van der Waals surface area contributed by atoms with E-state index in [2.05, 4.69) is 19.2 Å². The smallest absolute Gasteiger partial charge is 0.308 e. The lowest BCUT2D eigenvalue weighted by Gasteiger charge is -2.09. The van der Waals surface area contributed by atoms with E-state index in [0.717, 1.165) is 0 Å². The highest BCUT2D eigenvalue weighted by atomic mass is 16.5. The van der Waals surface area contributed by atoms with Crippen LogP contribution in [0.15, 0.2) is 24.3 Å². The van der Waals surface area contributed by atoms with Gasteiger partial charge in [-0.15, -0.1) is 0 Å². The molecular formula is C15H21NO3. The molecule has 0 unspecified atom stereocenters. The summed E-state index contributed by atoms with van der Waals surface area (Å²) in [5.41, 5.74) is 1.92. The molecule has 104 valence electrons. The summed E-state index contributed by atoms with van der Waals surface area (Å²) >= 11 is 0. The van der Waals surface area contributed by atoms with Crippen molar-refractivity contribution in [3.05, 3.63) is 29.8 Å². The lowest BCUT2D eigenvalue weighted by atomic mass is 10.0. The first-order chi connectivity index (χ1) is 8.90. The number of rotatable bonds is 5. The number of amides is 1. The Hall–Kier alpha value is -1.84. The first-order valence-electron chi connectivity index (χ1n) is 6.46. The molecule has 0 radical (unpaired) electrons. The zero-order valence-corrected chi connectivity index (χ0v) is 11.9. The van der Waals surface area contributed by atoms with E-state index in [1.807, 2.05) is 24.3 Å². The number of hydrogen-bond donors (Lipinski definition) is 1. The Morgan fingerprint density at radius 1 is 1.11 bits per heavy atom. The second-order valence-corrected chi connectivity index (χ2v) is 5.09. The second-order valence-electron chi connectivity index (χ2n) is 5.09. The lowest BCUT2D eigenvalue weighted by Crippen LogP contribution is -2.22. The molecule has 1 rings (SSSR count). The van der Waals surface area contributed by atoms with E-state index < -0.39 is 0 Å². The van der Waals surface area contributed by atoms with Crippen molar-refractivity contribution in [1.29, 1.82) is 0 Å². The van der Waals surface area contributed by atoms with Crippen LogP contribution in [0.25, 0.3) is 0 Å². The quantitative estimate of drug-likeness (QED) is 0.831. The van der Waals surface area contributed by atoms with Crippen LogP contribution in [0.4, 0.5) is 5.69 Å². The van der Waals surface area contributed by atoms with Crippen molar-refractivity contribution in [3.8, 4) is 0 Å². The Balaban J connectivity index is 2.46. The van der Waals surface area contributed by atoms with Crippen LogP contribution in [0.1, 0.15) is 39.2 Å². The maximum absolute atomic E-state index is 11.6. The average molecular weight is 263 g/mol. The maximum Gasteiger partial charge on any atom is 0.308 e. The van der Waals surface area contributed by atoms with Crippen LogP contribution in [0.3, 0.4) is 0 Å². The highest BCUT2D eigenvalue weighted by Gasteiger charge is 2.11. The molecule has 0 spiro atoms. The third-order valence-corrected chi connectivity index (χ3v) is 2.68. The molecule has 4 heteroatoms. The van der Waals surface area contributed by atoms with E-state index in [1.165, 1.54) is 5.56 Å². The SMILES string of the molecule is CC(C)C(=O)OCC(=O)Nc1ccc(C(C)C)cc1. The van der Waals surface area contributed by atoms with E-state index in [9.17, 15) is 9.59 Å². The fraction of sp³-hybridized carbons (Fsp3) is 0.467. The van der Waals surface area contributed by atoms with Crippen LogP contribution in [0, 0.1) is 5.92 Å². The van der Waals surface area contributed by atoms with E-state index in [1.54, 1.807) is 13.8 Å². The molecule has 0 saturated carbocycles. The Kier molecular flexibility index (Phi) is 5.55. The molecule has 0 aromatic heterocycles. The molecule has 0 bridgehead atoms. The van der Waals surface area contributed by atoms with Crippen LogP contribution >= 0.6 is 0 Å². The molecular weight excluding hydrogens is 242 g/mol. The minimum Gasteiger partial charge on any atom is -0.455 e. The van der Waals surface area contributed by atoms with E-state index >= 15 is 0 Å². The third-order valence-electron chi connectivity index (χ3n) is 2.68. The monoisotopic (exact) mass is 263 g/mol. The molecule has 0 aliphatic heterocycles.